The van der Waals surface area contributed by atoms with E-state index in [-0.39, 0.29) is 17.7 Å². The van der Waals surface area contributed by atoms with E-state index in [0.717, 1.165) is 19.4 Å². The maximum atomic E-state index is 12.1. The van der Waals surface area contributed by atoms with Crippen LogP contribution < -0.4 is 16.0 Å². The Morgan fingerprint density at radius 1 is 1.39 bits per heavy atom. The number of rotatable bonds is 5. The molecule has 0 saturated carbocycles. The van der Waals surface area contributed by atoms with Gasteiger partial charge in [-0.05, 0) is 31.7 Å². The molecular weight excluding hydrogens is 230 g/mol. The van der Waals surface area contributed by atoms with Crippen LogP contribution in [0.15, 0.2) is 0 Å². The lowest BCUT2D eigenvalue weighted by molar-refractivity contribution is -0.131. The van der Waals surface area contributed by atoms with Gasteiger partial charge in [-0.3, -0.25) is 9.59 Å². The molecule has 0 aromatic rings. The summed E-state index contributed by atoms with van der Waals surface area (Å²) in [5.74, 6) is 0.257. The largest absolute Gasteiger partial charge is 0.357 e. The Bertz CT molecular complexity index is 286. The van der Waals surface area contributed by atoms with E-state index in [4.69, 9.17) is 0 Å². The van der Waals surface area contributed by atoms with Crippen LogP contribution in [0, 0.1) is 11.8 Å². The molecule has 2 atom stereocenters. The Balaban J connectivity index is 2.52. The van der Waals surface area contributed by atoms with E-state index in [1.54, 1.807) is 7.05 Å². The Hall–Kier alpha value is -1.10. The van der Waals surface area contributed by atoms with Crippen LogP contribution in [0.2, 0.25) is 0 Å². The average Bonchev–Trinajstić information content (AvgIpc) is 2.37. The number of piperidine rings is 1. The van der Waals surface area contributed by atoms with Gasteiger partial charge in [0.05, 0.1) is 5.92 Å². The molecule has 0 aromatic heterocycles. The van der Waals surface area contributed by atoms with Gasteiger partial charge in [0.25, 0.3) is 0 Å². The maximum Gasteiger partial charge on any atom is 0.242 e. The summed E-state index contributed by atoms with van der Waals surface area (Å²) >= 11 is 0. The molecule has 0 radical (unpaired) electrons. The minimum absolute atomic E-state index is 0.00179. The average molecular weight is 255 g/mol. The number of hydrogen-bond acceptors (Lipinski definition) is 3. The van der Waals surface area contributed by atoms with Crippen molar-refractivity contribution in [2.45, 2.75) is 39.2 Å². The van der Waals surface area contributed by atoms with Crippen molar-refractivity contribution in [3.8, 4) is 0 Å². The van der Waals surface area contributed by atoms with Crippen LogP contribution in [0.1, 0.15) is 33.1 Å². The van der Waals surface area contributed by atoms with E-state index in [2.05, 4.69) is 16.0 Å². The van der Waals surface area contributed by atoms with Gasteiger partial charge < -0.3 is 16.0 Å². The molecule has 5 nitrogen and oxygen atoms in total. The second kappa shape index (κ2) is 7.36. The first-order valence-electron chi connectivity index (χ1n) is 6.77. The Kier molecular flexibility index (Phi) is 6.12. The SMILES string of the molecule is CNC(=O)C(CC(C)C)NC(=O)[C@@H]1CCCNC1. The molecule has 0 spiro atoms. The zero-order valence-corrected chi connectivity index (χ0v) is 11.6. The fraction of sp³-hybridized carbons (Fsp3) is 0.846. The molecule has 5 heteroatoms. The predicted octanol–water partition coefficient (Wildman–Crippen LogP) is 0.263. The summed E-state index contributed by atoms with van der Waals surface area (Å²) in [6, 6.07) is -0.413. The number of carbonyl (C=O) groups excluding carboxylic acids is 2. The first-order chi connectivity index (χ1) is 8.54. The summed E-state index contributed by atoms with van der Waals surface area (Å²) in [6.07, 6.45) is 2.60. The molecule has 1 fully saturated rings. The molecule has 0 bridgehead atoms. The number of nitrogens with one attached hydrogen (secondary N) is 3. The lowest BCUT2D eigenvalue weighted by Gasteiger charge is -2.25. The van der Waals surface area contributed by atoms with Crippen LogP contribution in [0.25, 0.3) is 0 Å². The number of amides is 2. The zero-order chi connectivity index (χ0) is 13.5. The lowest BCUT2D eigenvalue weighted by Crippen LogP contribution is -2.50. The summed E-state index contributed by atoms with van der Waals surface area (Å²) < 4.78 is 0. The van der Waals surface area contributed by atoms with Gasteiger partial charge in [0.1, 0.15) is 6.04 Å². The number of carbonyl (C=O) groups is 2. The van der Waals surface area contributed by atoms with E-state index in [1.165, 1.54) is 0 Å². The Labute approximate surface area is 109 Å². The van der Waals surface area contributed by atoms with Gasteiger partial charge >= 0.3 is 0 Å². The zero-order valence-electron chi connectivity index (χ0n) is 11.6. The third kappa shape index (κ3) is 4.64. The highest BCUT2D eigenvalue weighted by atomic mass is 16.2. The van der Waals surface area contributed by atoms with Gasteiger partial charge in [-0.25, -0.2) is 0 Å². The van der Waals surface area contributed by atoms with Crippen molar-refractivity contribution in [2.24, 2.45) is 11.8 Å². The highest BCUT2D eigenvalue weighted by molar-refractivity contribution is 5.88. The third-order valence-electron chi connectivity index (χ3n) is 3.25. The fourth-order valence-corrected chi connectivity index (χ4v) is 2.24. The Morgan fingerprint density at radius 3 is 2.61 bits per heavy atom. The minimum atomic E-state index is -0.413. The van der Waals surface area contributed by atoms with Gasteiger partial charge in [-0.1, -0.05) is 13.8 Å². The lowest BCUT2D eigenvalue weighted by atomic mass is 9.97. The molecule has 18 heavy (non-hydrogen) atoms. The van der Waals surface area contributed by atoms with E-state index in [0.29, 0.717) is 18.9 Å². The molecular formula is C13H25N3O2. The van der Waals surface area contributed by atoms with Crippen molar-refractivity contribution >= 4 is 11.8 Å². The molecule has 0 aromatic carbocycles. The molecule has 1 saturated heterocycles. The molecule has 1 aliphatic rings. The summed E-state index contributed by atoms with van der Waals surface area (Å²) in [5.41, 5.74) is 0. The first-order valence-corrected chi connectivity index (χ1v) is 6.77. The van der Waals surface area contributed by atoms with E-state index in [9.17, 15) is 9.59 Å². The molecule has 1 heterocycles. The topological polar surface area (TPSA) is 70.2 Å². The van der Waals surface area contributed by atoms with Gasteiger partial charge in [-0.2, -0.15) is 0 Å². The predicted molar refractivity (Wildman–Crippen MR) is 71.0 cm³/mol. The standard InChI is InChI=1S/C13H25N3O2/c1-9(2)7-11(13(18)14-3)16-12(17)10-5-4-6-15-8-10/h9-11,15H,4-8H2,1-3H3,(H,14,18)(H,16,17)/t10-,11?/m1/s1. The van der Waals surface area contributed by atoms with E-state index in [1.807, 2.05) is 13.8 Å². The van der Waals surface area contributed by atoms with Crippen LogP contribution in [-0.4, -0.2) is 38.0 Å². The van der Waals surface area contributed by atoms with Crippen LogP contribution in [0.5, 0.6) is 0 Å². The molecule has 1 aliphatic heterocycles. The first kappa shape index (κ1) is 15.0. The summed E-state index contributed by atoms with van der Waals surface area (Å²) in [4.78, 5) is 23.8. The van der Waals surface area contributed by atoms with E-state index < -0.39 is 6.04 Å². The van der Waals surface area contributed by atoms with Crippen molar-refractivity contribution in [1.82, 2.24) is 16.0 Å². The third-order valence-corrected chi connectivity index (χ3v) is 3.25. The molecule has 3 N–H and O–H groups in total. The van der Waals surface area contributed by atoms with Crippen molar-refractivity contribution < 1.29 is 9.59 Å². The molecule has 0 aliphatic carbocycles. The fourth-order valence-electron chi connectivity index (χ4n) is 2.24. The van der Waals surface area contributed by atoms with Crippen molar-refractivity contribution in [2.75, 3.05) is 20.1 Å². The smallest absolute Gasteiger partial charge is 0.242 e. The van der Waals surface area contributed by atoms with Crippen LogP contribution >= 0.6 is 0 Å². The van der Waals surface area contributed by atoms with E-state index >= 15 is 0 Å². The molecule has 1 rings (SSSR count). The van der Waals surface area contributed by atoms with Crippen molar-refractivity contribution in [3.05, 3.63) is 0 Å². The van der Waals surface area contributed by atoms with Gasteiger partial charge in [0, 0.05) is 13.6 Å². The Morgan fingerprint density at radius 2 is 2.11 bits per heavy atom. The van der Waals surface area contributed by atoms with Crippen LogP contribution in [0.3, 0.4) is 0 Å². The number of hydrogen-bond donors (Lipinski definition) is 3. The second-order valence-corrected chi connectivity index (χ2v) is 5.35. The van der Waals surface area contributed by atoms with Gasteiger partial charge in [-0.15, -0.1) is 0 Å². The summed E-state index contributed by atoms with van der Waals surface area (Å²) in [7, 11) is 1.60. The van der Waals surface area contributed by atoms with Gasteiger partial charge in [0.2, 0.25) is 11.8 Å². The molecule has 104 valence electrons. The molecule has 1 unspecified atom stereocenters. The highest BCUT2D eigenvalue weighted by Crippen LogP contribution is 2.12. The normalized spacial score (nSPS) is 21.4. The molecule has 2 amide bonds. The highest BCUT2D eigenvalue weighted by Gasteiger charge is 2.26. The van der Waals surface area contributed by atoms with Crippen molar-refractivity contribution in [1.29, 1.82) is 0 Å². The monoisotopic (exact) mass is 255 g/mol. The second-order valence-electron chi connectivity index (χ2n) is 5.35. The summed E-state index contributed by atoms with van der Waals surface area (Å²) in [6.45, 7) is 5.79. The minimum Gasteiger partial charge on any atom is -0.357 e. The van der Waals surface area contributed by atoms with Gasteiger partial charge in [0.15, 0.2) is 0 Å². The maximum absolute atomic E-state index is 12.1. The van der Waals surface area contributed by atoms with Crippen LogP contribution in [-0.2, 0) is 9.59 Å². The quantitative estimate of drug-likeness (QED) is 0.660. The number of likely N-dealkylation sites (N-methyl/N-ethyl adjacent to an activating group) is 1. The van der Waals surface area contributed by atoms with Crippen LogP contribution in [0.4, 0.5) is 0 Å². The van der Waals surface area contributed by atoms with Crippen molar-refractivity contribution in [3.63, 3.8) is 0 Å². The summed E-state index contributed by atoms with van der Waals surface area (Å²) in [5, 5.41) is 8.70.